The molecule has 0 bridgehead atoms. The van der Waals surface area contributed by atoms with Gasteiger partial charge in [0.05, 0.1) is 10.6 Å². The fraction of sp³-hybridized carbons (Fsp3) is 0. The quantitative estimate of drug-likeness (QED) is 0.837. The Morgan fingerprint density at radius 1 is 1.35 bits per heavy atom. The minimum atomic E-state index is -0.255. The average molecular weight is 265 g/mol. The molecule has 17 heavy (non-hydrogen) atoms. The molecule has 1 N–H and O–H groups in total. The van der Waals surface area contributed by atoms with Crippen LogP contribution in [0.1, 0.15) is 5.56 Å². The third kappa shape index (κ3) is 2.64. The maximum Gasteiger partial charge on any atom is 0.251 e. The van der Waals surface area contributed by atoms with E-state index in [2.05, 4.69) is 15.0 Å². The number of rotatable bonds is 2. The first kappa shape index (κ1) is 11.6. The standard InChI is InChI=1S/C10H5ClN4OS/c11-8-6(5-12)1-3-13-9(8)17-10-14-4-2-7(16)15-10/h1-4H,(H,14,15,16). The van der Waals surface area contributed by atoms with E-state index in [1.165, 1.54) is 24.5 Å². The number of hydrogen-bond acceptors (Lipinski definition) is 5. The Bertz CT molecular complexity index is 649. The van der Waals surface area contributed by atoms with Crippen molar-refractivity contribution in [1.82, 2.24) is 15.0 Å². The molecule has 0 unspecified atom stereocenters. The molecule has 0 aromatic carbocycles. The Morgan fingerprint density at radius 2 is 2.12 bits per heavy atom. The molecule has 2 aromatic rings. The second-order valence-electron chi connectivity index (χ2n) is 2.93. The predicted octanol–water partition coefficient (Wildman–Crippen LogP) is 1.84. The van der Waals surface area contributed by atoms with Gasteiger partial charge in [-0.05, 0) is 17.8 Å². The molecule has 0 atom stereocenters. The molecule has 0 spiro atoms. The summed E-state index contributed by atoms with van der Waals surface area (Å²) in [5, 5.41) is 9.87. The van der Waals surface area contributed by atoms with E-state index in [1.807, 2.05) is 6.07 Å². The zero-order valence-electron chi connectivity index (χ0n) is 8.35. The molecule has 2 heterocycles. The van der Waals surface area contributed by atoms with Gasteiger partial charge in [-0.15, -0.1) is 0 Å². The summed E-state index contributed by atoms with van der Waals surface area (Å²) in [4.78, 5) is 21.6. The van der Waals surface area contributed by atoms with Crippen molar-refractivity contribution in [2.24, 2.45) is 0 Å². The second-order valence-corrected chi connectivity index (χ2v) is 4.29. The summed E-state index contributed by atoms with van der Waals surface area (Å²) in [6, 6.07) is 4.79. The van der Waals surface area contributed by atoms with Gasteiger partial charge in [-0.1, -0.05) is 11.6 Å². The van der Waals surface area contributed by atoms with Gasteiger partial charge in [0, 0.05) is 18.5 Å². The molecule has 2 rings (SSSR count). The van der Waals surface area contributed by atoms with Crippen LogP contribution in [0.5, 0.6) is 0 Å². The number of H-pyrrole nitrogens is 1. The van der Waals surface area contributed by atoms with Crippen LogP contribution in [0.25, 0.3) is 0 Å². The van der Waals surface area contributed by atoms with Crippen molar-refractivity contribution in [2.45, 2.75) is 10.2 Å². The lowest BCUT2D eigenvalue weighted by Gasteiger charge is -2.02. The molecule has 84 valence electrons. The van der Waals surface area contributed by atoms with Gasteiger partial charge in [0.2, 0.25) is 0 Å². The lowest BCUT2D eigenvalue weighted by molar-refractivity contribution is 0.931. The third-order valence-electron chi connectivity index (χ3n) is 1.82. The van der Waals surface area contributed by atoms with Gasteiger partial charge in [0.1, 0.15) is 11.1 Å². The molecule has 0 saturated carbocycles. The summed E-state index contributed by atoms with van der Waals surface area (Å²) in [6.45, 7) is 0. The van der Waals surface area contributed by atoms with Crippen LogP contribution in [0, 0.1) is 11.3 Å². The molecule has 0 radical (unpaired) electrons. The summed E-state index contributed by atoms with van der Waals surface area (Å²) < 4.78 is 0. The van der Waals surface area contributed by atoms with Crippen LogP contribution >= 0.6 is 23.4 Å². The minimum Gasteiger partial charge on any atom is -0.301 e. The van der Waals surface area contributed by atoms with E-state index in [4.69, 9.17) is 16.9 Å². The van der Waals surface area contributed by atoms with Gasteiger partial charge < -0.3 is 4.98 Å². The van der Waals surface area contributed by atoms with Crippen LogP contribution in [0.3, 0.4) is 0 Å². The fourth-order valence-electron chi connectivity index (χ4n) is 1.08. The third-order valence-corrected chi connectivity index (χ3v) is 3.22. The summed E-state index contributed by atoms with van der Waals surface area (Å²) >= 11 is 7.07. The molecule has 0 aliphatic rings. The maximum atomic E-state index is 11.1. The zero-order valence-corrected chi connectivity index (χ0v) is 9.92. The van der Waals surface area contributed by atoms with Crippen molar-refractivity contribution in [3.63, 3.8) is 0 Å². The number of nitrogens with zero attached hydrogens (tertiary/aromatic N) is 3. The predicted molar refractivity (Wildman–Crippen MR) is 62.9 cm³/mol. The smallest absolute Gasteiger partial charge is 0.251 e. The molecule has 5 nitrogen and oxygen atoms in total. The number of aromatic nitrogens is 3. The number of aromatic amines is 1. The molecule has 7 heteroatoms. The Labute approximate surface area is 105 Å². The minimum absolute atomic E-state index is 0.255. The van der Waals surface area contributed by atoms with E-state index in [9.17, 15) is 4.79 Å². The highest BCUT2D eigenvalue weighted by atomic mass is 35.5. The highest BCUT2D eigenvalue weighted by Crippen LogP contribution is 2.30. The first-order chi connectivity index (χ1) is 8.20. The monoisotopic (exact) mass is 264 g/mol. The number of nitriles is 1. The molecule has 2 aromatic heterocycles. The van der Waals surface area contributed by atoms with Gasteiger partial charge in [0.25, 0.3) is 5.56 Å². The first-order valence-electron chi connectivity index (χ1n) is 4.48. The zero-order chi connectivity index (χ0) is 12.3. The lowest BCUT2D eigenvalue weighted by atomic mass is 10.3. The number of pyridine rings is 1. The van der Waals surface area contributed by atoms with Gasteiger partial charge >= 0.3 is 0 Å². The average Bonchev–Trinajstić information content (AvgIpc) is 2.32. The van der Waals surface area contributed by atoms with E-state index in [1.54, 1.807) is 0 Å². The maximum absolute atomic E-state index is 11.1. The number of nitrogens with one attached hydrogen (secondary N) is 1. The largest absolute Gasteiger partial charge is 0.301 e. The Kier molecular flexibility index (Phi) is 3.42. The Morgan fingerprint density at radius 3 is 2.82 bits per heavy atom. The van der Waals surface area contributed by atoms with Crippen molar-refractivity contribution >= 4 is 23.4 Å². The molecular weight excluding hydrogens is 260 g/mol. The van der Waals surface area contributed by atoms with Crippen LogP contribution in [0.15, 0.2) is 39.5 Å². The Hall–Kier alpha value is -1.84. The van der Waals surface area contributed by atoms with Crippen molar-refractivity contribution < 1.29 is 0 Å². The number of halogens is 1. The van der Waals surface area contributed by atoms with Crippen LogP contribution in [-0.2, 0) is 0 Å². The molecule has 0 aliphatic carbocycles. The van der Waals surface area contributed by atoms with Crippen molar-refractivity contribution in [3.8, 4) is 6.07 Å². The highest BCUT2D eigenvalue weighted by molar-refractivity contribution is 7.99. The summed E-state index contributed by atoms with van der Waals surface area (Å²) in [5.74, 6) is 0. The van der Waals surface area contributed by atoms with Crippen LogP contribution in [-0.4, -0.2) is 15.0 Å². The molecule has 0 amide bonds. The van der Waals surface area contributed by atoms with Gasteiger partial charge in [-0.25, -0.2) is 9.97 Å². The van der Waals surface area contributed by atoms with E-state index < -0.39 is 0 Å². The summed E-state index contributed by atoms with van der Waals surface area (Å²) in [5.41, 5.74) is 0.0810. The molecule has 0 fully saturated rings. The molecular formula is C10H5ClN4OS. The number of hydrogen-bond donors (Lipinski definition) is 1. The van der Waals surface area contributed by atoms with Gasteiger partial charge in [-0.3, -0.25) is 4.79 Å². The van der Waals surface area contributed by atoms with E-state index in [0.717, 1.165) is 11.8 Å². The fourth-order valence-corrected chi connectivity index (χ4v) is 2.11. The highest BCUT2D eigenvalue weighted by Gasteiger charge is 2.09. The van der Waals surface area contributed by atoms with E-state index in [-0.39, 0.29) is 10.6 Å². The van der Waals surface area contributed by atoms with Crippen LogP contribution < -0.4 is 5.56 Å². The SMILES string of the molecule is N#Cc1ccnc(Sc2nccc(=O)[nH]2)c1Cl. The van der Waals surface area contributed by atoms with Crippen molar-refractivity contribution in [2.75, 3.05) is 0 Å². The molecule has 0 saturated heterocycles. The Balaban J connectivity index is 2.37. The summed E-state index contributed by atoms with van der Waals surface area (Å²) in [6.07, 6.45) is 2.87. The van der Waals surface area contributed by atoms with Crippen molar-refractivity contribution in [3.05, 3.63) is 45.5 Å². The van der Waals surface area contributed by atoms with Gasteiger partial charge in [-0.2, -0.15) is 5.26 Å². The first-order valence-corrected chi connectivity index (χ1v) is 5.68. The van der Waals surface area contributed by atoms with E-state index in [0.29, 0.717) is 15.7 Å². The van der Waals surface area contributed by atoms with Crippen LogP contribution in [0.2, 0.25) is 5.02 Å². The van der Waals surface area contributed by atoms with Crippen molar-refractivity contribution in [1.29, 1.82) is 5.26 Å². The molecule has 0 aliphatic heterocycles. The summed E-state index contributed by atoms with van der Waals surface area (Å²) in [7, 11) is 0. The lowest BCUT2D eigenvalue weighted by Crippen LogP contribution is -2.05. The van der Waals surface area contributed by atoms with E-state index >= 15 is 0 Å². The topological polar surface area (TPSA) is 82.4 Å². The second kappa shape index (κ2) is 4.99. The normalized spacial score (nSPS) is 9.88. The van der Waals surface area contributed by atoms with Gasteiger partial charge in [0.15, 0.2) is 5.16 Å². The van der Waals surface area contributed by atoms with Crippen LogP contribution in [0.4, 0.5) is 0 Å².